The number of aliphatic hydroxyl groups is 1. The van der Waals surface area contributed by atoms with E-state index in [9.17, 15) is 5.11 Å². The van der Waals surface area contributed by atoms with E-state index in [4.69, 9.17) is 11.6 Å². The Balaban J connectivity index is 2.65. The Hall–Kier alpha value is -0.0500. The molecule has 0 saturated heterocycles. The SMILES string of the molecule is CC(C)CC(O)c1sccc1Cl. The summed E-state index contributed by atoms with van der Waals surface area (Å²) in [5.74, 6) is 0.498. The van der Waals surface area contributed by atoms with Crippen LogP contribution >= 0.6 is 22.9 Å². The fourth-order valence-corrected chi connectivity index (χ4v) is 2.28. The predicted octanol–water partition coefficient (Wildman–Crippen LogP) is 3.48. The highest BCUT2D eigenvalue weighted by atomic mass is 35.5. The normalized spacial score (nSPS) is 13.8. The van der Waals surface area contributed by atoms with Crippen molar-refractivity contribution in [3.8, 4) is 0 Å². The monoisotopic (exact) mass is 204 g/mol. The average Bonchev–Trinajstić information content (AvgIpc) is 2.33. The molecule has 1 unspecified atom stereocenters. The third-order valence-electron chi connectivity index (χ3n) is 1.64. The minimum Gasteiger partial charge on any atom is -0.388 e. The molecule has 0 radical (unpaired) electrons. The molecule has 1 rings (SSSR count). The summed E-state index contributed by atoms with van der Waals surface area (Å²) in [5, 5.41) is 12.3. The molecule has 0 aromatic carbocycles. The highest BCUT2D eigenvalue weighted by Gasteiger charge is 2.13. The standard InChI is InChI=1S/C9H13ClOS/c1-6(2)5-8(11)9-7(10)3-4-12-9/h3-4,6,8,11H,5H2,1-2H3. The van der Waals surface area contributed by atoms with E-state index < -0.39 is 6.10 Å². The number of rotatable bonds is 3. The van der Waals surface area contributed by atoms with Crippen molar-refractivity contribution in [3.05, 3.63) is 21.3 Å². The summed E-state index contributed by atoms with van der Waals surface area (Å²) in [4.78, 5) is 0.894. The number of halogens is 1. The fourth-order valence-electron chi connectivity index (χ4n) is 1.10. The molecule has 12 heavy (non-hydrogen) atoms. The van der Waals surface area contributed by atoms with Gasteiger partial charge in [-0.3, -0.25) is 0 Å². The van der Waals surface area contributed by atoms with Crippen LogP contribution in [0.4, 0.5) is 0 Å². The minimum absolute atomic E-state index is 0.391. The Bertz CT molecular complexity index is 244. The van der Waals surface area contributed by atoms with Gasteiger partial charge in [-0.05, 0) is 23.8 Å². The van der Waals surface area contributed by atoms with Crippen molar-refractivity contribution in [2.75, 3.05) is 0 Å². The number of hydrogen-bond donors (Lipinski definition) is 1. The molecule has 0 bridgehead atoms. The molecular formula is C9H13ClOS. The van der Waals surface area contributed by atoms with Crippen molar-refractivity contribution in [3.63, 3.8) is 0 Å². The van der Waals surface area contributed by atoms with Crippen LogP contribution < -0.4 is 0 Å². The average molecular weight is 205 g/mol. The summed E-state index contributed by atoms with van der Waals surface area (Å²) in [6, 6.07) is 1.82. The Labute approximate surface area is 82.0 Å². The van der Waals surface area contributed by atoms with E-state index in [0.29, 0.717) is 10.9 Å². The lowest BCUT2D eigenvalue weighted by atomic mass is 10.1. The molecule has 0 aliphatic rings. The van der Waals surface area contributed by atoms with Crippen LogP contribution in [0.15, 0.2) is 11.4 Å². The molecule has 0 aliphatic carbocycles. The van der Waals surface area contributed by atoms with Crippen LogP contribution in [-0.2, 0) is 0 Å². The maximum Gasteiger partial charge on any atom is 0.0899 e. The van der Waals surface area contributed by atoms with Gasteiger partial charge in [0.2, 0.25) is 0 Å². The lowest BCUT2D eigenvalue weighted by molar-refractivity contribution is 0.155. The van der Waals surface area contributed by atoms with Gasteiger partial charge in [0.1, 0.15) is 0 Å². The third kappa shape index (κ3) is 2.47. The molecule has 0 saturated carbocycles. The Kier molecular flexibility index (Phi) is 3.56. The van der Waals surface area contributed by atoms with Crippen LogP contribution in [-0.4, -0.2) is 5.11 Å². The van der Waals surface area contributed by atoms with Gasteiger partial charge in [0.05, 0.1) is 16.0 Å². The molecule has 0 amide bonds. The second-order valence-electron chi connectivity index (χ2n) is 3.28. The van der Waals surface area contributed by atoms with E-state index in [2.05, 4.69) is 13.8 Å². The van der Waals surface area contributed by atoms with Gasteiger partial charge in [-0.25, -0.2) is 0 Å². The Morgan fingerprint density at radius 1 is 1.58 bits per heavy atom. The van der Waals surface area contributed by atoms with E-state index in [1.54, 1.807) is 0 Å². The Morgan fingerprint density at radius 3 is 2.67 bits per heavy atom. The van der Waals surface area contributed by atoms with Crippen molar-refractivity contribution >= 4 is 22.9 Å². The van der Waals surface area contributed by atoms with Crippen molar-refractivity contribution in [2.24, 2.45) is 5.92 Å². The second kappa shape index (κ2) is 4.26. The zero-order valence-corrected chi connectivity index (χ0v) is 8.82. The van der Waals surface area contributed by atoms with E-state index in [-0.39, 0.29) is 0 Å². The maximum atomic E-state index is 9.69. The van der Waals surface area contributed by atoms with Gasteiger partial charge in [-0.1, -0.05) is 25.4 Å². The van der Waals surface area contributed by atoms with Gasteiger partial charge in [-0.2, -0.15) is 0 Å². The first kappa shape index (κ1) is 10.0. The summed E-state index contributed by atoms with van der Waals surface area (Å²) in [6.07, 6.45) is 0.387. The molecule has 0 fully saturated rings. The van der Waals surface area contributed by atoms with Crippen LogP contribution in [0.1, 0.15) is 31.2 Å². The van der Waals surface area contributed by atoms with Crippen LogP contribution in [0.5, 0.6) is 0 Å². The van der Waals surface area contributed by atoms with Crippen LogP contribution in [0.2, 0.25) is 5.02 Å². The molecule has 0 aliphatic heterocycles. The van der Waals surface area contributed by atoms with Crippen molar-refractivity contribution in [1.29, 1.82) is 0 Å². The summed E-state index contributed by atoms with van der Waals surface area (Å²) in [6.45, 7) is 4.18. The largest absolute Gasteiger partial charge is 0.388 e. The first-order chi connectivity index (χ1) is 5.61. The van der Waals surface area contributed by atoms with Gasteiger partial charge in [0.25, 0.3) is 0 Å². The molecule has 1 nitrogen and oxygen atoms in total. The summed E-state index contributed by atoms with van der Waals surface area (Å²) in [5.41, 5.74) is 0. The van der Waals surface area contributed by atoms with Gasteiger partial charge < -0.3 is 5.11 Å². The highest BCUT2D eigenvalue weighted by molar-refractivity contribution is 7.10. The predicted molar refractivity (Wildman–Crippen MR) is 53.7 cm³/mol. The second-order valence-corrected chi connectivity index (χ2v) is 4.63. The van der Waals surface area contributed by atoms with E-state index in [0.717, 1.165) is 11.3 Å². The number of hydrogen-bond acceptors (Lipinski definition) is 2. The molecule has 1 N–H and O–H groups in total. The van der Waals surface area contributed by atoms with Gasteiger partial charge in [-0.15, -0.1) is 11.3 Å². The molecule has 1 atom stereocenters. The quantitative estimate of drug-likeness (QED) is 0.800. The lowest BCUT2D eigenvalue weighted by Crippen LogP contribution is -1.99. The van der Waals surface area contributed by atoms with E-state index in [1.165, 1.54) is 11.3 Å². The molecule has 1 aromatic rings. The smallest absolute Gasteiger partial charge is 0.0899 e. The number of aliphatic hydroxyl groups excluding tert-OH is 1. The first-order valence-electron chi connectivity index (χ1n) is 4.02. The topological polar surface area (TPSA) is 20.2 Å². The van der Waals surface area contributed by atoms with Gasteiger partial charge in [0, 0.05) is 0 Å². The third-order valence-corrected chi connectivity index (χ3v) is 3.10. The van der Waals surface area contributed by atoms with Crippen molar-refractivity contribution < 1.29 is 5.11 Å². The lowest BCUT2D eigenvalue weighted by Gasteiger charge is -2.11. The highest BCUT2D eigenvalue weighted by Crippen LogP contribution is 2.31. The summed E-state index contributed by atoms with van der Waals surface area (Å²) in [7, 11) is 0. The van der Waals surface area contributed by atoms with Crippen LogP contribution in [0.25, 0.3) is 0 Å². The summed E-state index contributed by atoms with van der Waals surface area (Å²) < 4.78 is 0. The molecule has 0 spiro atoms. The van der Waals surface area contributed by atoms with Crippen molar-refractivity contribution in [1.82, 2.24) is 0 Å². The fraction of sp³-hybridized carbons (Fsp3) is 0.556. The Morgan fingerprint density at radius 2 is 2.25 bits per heavy atom. The van der Waals surface area contributed by atoms with Crippen molar-refractivity contribution in [2.45, 2.75) is 26.4 Å². The number of thiophene rings is 1. The van der Waals surface area contributed by atoms with E-state index in [1.807, 2.05) is 11.4 Å². The van der Waals surface area contributed by atoms with Crippen LogP contribution in [0, 0.1) is 5.92 Å². The maximum absolute atomic E-state index is 9.69. The molecular weight excluding hydrogens is 192 g/mol. The molecule has 1 aromatic heterocycles. The van der Waals surface area contributed by atoms with Gasteiger partial charge in [0.15, 0.2) is 0 Å². The molecule has 1 heterocycles. The van der Waals surface area contributed by atoms with Crippen LogP contribution in [0.3, 0.4) is 0 Å². The zero-order valence-electron chi connectivity index (χ0n) is 7.25. The summed E-state index contributed by atoms with van der Waals surface area (Å²) >= 11 is 7.39. The van der Waals surface area contributed by atoms with E-state index >= 15 is 0 Å². The minimum atomic E-state index is -0.391. The first-order valence-corrected chi connectivity index (χ1v) is 5.28. The van der Waals surface area contributed by atoms with Gasteiger partial charge >= 0.3 is 0 Å². The zero-order chi connectivity index (χ0) is 9.14. The molecule has 68 valence electrons. The molecule has 3 heteroatoms.